The van der Waals surface area contributed by atoms with Crippen LogP contribution in [0.5, 0.6) is 0 Å². The van der Waals surface area contributed by atoms with Crippen molar-refractivity contribution in [3.8, 4) is 11.5 Å². The van der Waals surface area contributed by atoms with E-state index in [0.717, 1.165) is 0 Å². The number of amides is 1. The van der Waals surface area contributed by atoms with Crippen LogP contribution in [0.15, 0.2) is 105 Å². The Morgan fingerprint density at radius 2 is 1.32 bits per heavy atom. The monoisotopic (exact) mass is 473 g/mol. The van der Waals surface area contributed by atoms with Gasteiger partial charge in [-0.25, -0.2) is 8.42 Å². The average Bonchev–Trinajstić information content (AvgIpc) is 3.36. The summed E-state index contributed by atoms with van der Waals surface area (Å²) in [5.74, 6) is 0.405. The molecular formula is C26H23N3O4S. The lowest BCUT2D eigenvalue weighted by Gasteiger charge is -2.34. The third kappa shape index (κ3) is 4.20. The SMILES string of the molecule is O=C(c1ccccc1)N1CCN(c2oc(-c3ccccc3)nc2S(=O)(=O)c2ccccc2)CC1. The van der Waals surface area contributed by atoms with Gasteiger partial charge in [0.15, 0.2) is 0 Å². The maximum absolute atomic E-state index is 13.5. The minimum absolute atomic E-state index is 0.0417. The van der Waals surface area contributed by atoms with Gasteiger partial charge in [-0.2, -0.15) is 4.98 Å². The molecule has 1 saturated heterocycles. The second-order valence-electron chi connectivity index (χ2n) is 7.96. The average molecular weight is 474 g/mol. The number of sulfone groups is 1. The van der Waals surface area contributed by atoms with Crippen molar-refractivity contribution in [1.82, 2.24) is 9.88 Å². The van der Waals surface area contributed by atoms with Crippen LogP contribution in [-0.4, -0.2) is 50.4 Å². The van der Waals surface area contributed by atoms with Crippen molar-refractivity contribution in [3.05, 3.63) is 96.6 Å². The number of hydrogen-bond donors (Lipinski definition) is 0. The van der Waals surface area contributed by atoms with E-state index in [1.165, 1.54) is 0 Å². The summed E-state index contributed by atoms with van der Waals surface area (Å²) >= 11 is 0. The van der Waals surface area contributed by atoms with Gasteiger partial charge in [-0.15, -0.1) is 0 Å². The Bertz CT molecular complexity index is 1380. The van der Waals surface area contributed by atoms with E-state index in [-0.39, 0.29) is 27.6 Å². The highest BCUT2D eigenvalue weighted by Gasteiger charge is 2.33. The predicted molar refractivity (Wildman–Crippen MR) is 128 cm³/mol. The highest BCUT2D eigenvalue weighted by molar-refractivity contribution is 7.91. The molecular weight excluding hydrogens is 450 g/mol. The normalized spacial score (nSPS) is 14.2. The number of anilines is 1. The number of hydrogen-bond acceptors (Lipinski definition) is 6. The molecule has 1 fully saturated rings. The molecule has 4 aromatic rings. The molecule has 0 spiro atoms. The molecule has 0 aliphatic carbocycles. The van der Waals surface area contributed by atoms with Crippen LogP contribution in [0, 0.1) is 0 Å². The first-order valence-corrected chi connectivity index (χ1v) is 12.5. The van der Waals surface area contributed by atoms with Crippen molar-refractivity contribution in [3.63, 3.8) is 0 Å². The summed E-state index contributed by atoms with van der Waals surface area (Å²) in [7, 11) is -3.91. The van der Waals surface area contributed by atoms with Crippen LogP contribution in [0.25, 0.3) is 11.5 Å². The molecule has 172 valence electrons. The number of piperazine rings is 1. The van der Waals surface area contributed by atoms with E-state index >= 15 is 0 Å². The summed E-state index contributed by atoms with van der Waals surface area (Å²) in [5.41, 5.74) is 1.32. The molecule has 0 saturated carbocycles. The van der Waals surface area contributed by atoms with Gasteiger partial charge in [0.05, 0.1) is 4.90 Å². The summed E-state index contributed by atoms with van der Waals surface area (Å²) in [6.07, 6.45) is 0. The Morgan fingerprint density at radius 3 is 1.94 bits per heavy atom. The van der Waals surface area contributed by atoms with Crippen LogP contribution in [0.4, 0.5) is 5.88 Å². The van der Waals surface area contributed by atoms with E-state index in [4.69, 9.17) is 4.42 Å². The lowest BCUT2D eigenvalue weighted by molar-refractivity contribution is 0.0745. The third-order valence-corrected chi connectivity index (χ3v) is 7.45. The molecule has 1 aliphatic rings. The number of aromatic nitrogens is 1. The van der Waals surface area contributed by atoms with E-state index in [1.54, 1.807) is 47.4 Å². The molecule has 0 N–H and O–H groups in total. The van der Waals surface area contributed by atoms with Crippen molar-refractivity contribution < 1.29 is 17.6 Å². The van der Waals surface area contributed by atoms with Gasteiger partial charge in [-0.3, -0.25) is 4.79 Å². The van der Waals surface area contributed by atoms with Gasteiger partial charge in [0.25, 0.3) is 5.91 Å². The van der Waals surface area contributed by atoms with Crippen molar-refractivity contribution in [2.45, 2.75) is 9.92 Å². The Morgan fingerprint density at radius 1 is 0.765 bits per heavy atom. The summed E-state index contributed by atoms with van der Waals surface area (Å²) in [5, 5.41) is -0.111. The minimum atomic E-state index is -3.91. The molecule has 5 rings (SSSR count). The van der Waals surface area contributed by atoms with Crippen LogP contribution in [-0.2, 0) is 9.84 Å². The minimum Gasteiger partial charge on any atom is -0.419 e. The lowest BCUT2D eigenvalue weighted by Crippen LogP contribution is -2.49. The smallest absolute Gasteiger partial charge is 0.253 e. The number of oxazole rings is 1. The highest BCUT2D eigenvalue weighted by atomic mass is 32.2. The maximum atomic E-state index is 13.5. The molecule has 1 aliphatic heterocycles. The Hall–Kier alpha value is -3.91. The Labute approximate surface area is 198 Å². The van der Waals surface area contributed by atoms with Gasteiger partial charge in [-0.1, -0.05) is 54.6 Å². The van der Waals surface area contributed by atoms with Gasteiger partial charge in [0.1, 0.15) is 0 Å². The summed E-state index contributed by atoms with van der Waals surface area (Å²) in [6, 6.07) is 26.6. The largest absolute Gasteiger partial charge is 0.419 e. The van der Waals surface area contributed by atoms with Crippen molar-refractivity contribution >= 4 is 21.6 Å². The Balaban J connectivity index is 1.46. The first-order valence-electron chi connectivity index (χ1n) is 11.0. The molecule has 0 unspecified atom stereocenters. The van der Waals surface area contributed by atoms with Crippen LogP contribution >= 0.6 is 0 Å². The summed E-state index contributed by atoms with van der Waals surface area (Å²) < 4.78 is 33.0. The second-order valence-corrected chi connectivity index (χ2v) is 9.82. The molecule has 1 amide bonds. The van der Waals surface area contributed by atoms with Crippen molar-refractivity contribution in [2.24, 2.45) is 0 Å². The number of carbonyl (C=O) groups is 1. The van der Waals surface area contributed by atoms with Crippen LogP contribution in [0.2, 0.25) is 0 Å². The van der Waals surface area contributed by atoms with Gasteiger partial charge < -0.3 is 14.2 Å². The molecule has 0 bridgehead atoms. The van der Waals surface area contributed by atoms with Gasteiger partial charge in [0, 0.05) is 37.3 Å². The molecule has 0 atom stereocenters. The second kappa shape index (κ2) is 9.15. The molecule has 2 heterocycles. The summed E-state index contributed by atoms with van der Waals surface area (Å²) in [6.45, 7) is 1.75. The van der Waals surface area contributed by atoms with Gasteiger partial charge >= 0.3 is 0 Å². The van der Waals surface area contributed by atoms with Crippen molar-refractivity contribution in [1.29, 1.82) is 0 Å². The third-order valence-electron chi connectivity index (χ3n) is 5.78. The van der Waals surface area contributed by atoms with Crippen LogP contribution in [0.1, 0.15) is 10.4 Å². The quantitative estimate of drug-likeness (QED) is 0.433. The lowest BCUT2D eigenvalue weighted by atomic mass is 10.2. The topological polar surface area (TPSA) is 83.7 Å². The molecule has 1 aromatic heterocycles. The zero-order valence-corrected chi connectivity index (χ0v) is 19.2. The number of nitrogens with zero attached hydrogens (tertiary/aromatic N) is 3. The first kappa shape index (κ1) is 21.9. The standard InChI is InChI=1S/C26H23N3O4S/c30-25(21-12-6-2-7-13-21)28-16-18-29(19-17-28)26-24(34(31,32)22-14-8-3-9-15-22)27-23(33-26)20-10-4-1-5-11-20/h1-15H,16-19H2. The van der Waals surface area contributed by atoms with Gasteiger partial charge in [0.2, 0.25) is 26.6 Å². The van der Waals surface area contributed by atoms with Gasteiger partial charge in [-0.05, 0) is 36.4 Å². The number of carbonyl (C=O) groups excluding carboxylic acids is 1. The molecule has 7 nitrogen and oxygen atoms in total. The fourth-order valence-electron chi connectivity index (χ4n) is 3.96. The zero-order valence-electron chi connectivity index (χ0n) is 18.4. The zero-order chi connectivity index (χ0) is 23.5. The van der Waals surface area contributed by atoms with Crippen LogP contribution in [0.3, 0.4) is 0 Å². The highest BCUT2D eigenvalue weighted by Crippen LogP contribution is 2.35. The Kier molecular flexibility index (Phi) is 5.90. The van der Waals surface area contributed by atoms with Crippen LogP contribution < -0.4 is 4.90 Å². The fraction of sp³-hybridized carbons (Fsp3) is 0.154. The first-order chi connectivity index (χ1) is 16.5. The van der Waals surface area contributed by atoms with E-state index in [0.29, 0.717) is 37.3 Å². The predicted octanol–water partition coefficient (Wildman–Crippen LogP) is 4.14. The maximum Gasteiger partial charge on any atom is 0.253 e. The van der Waals surface area contributed by atoms with E-state index in [9.17, 15) is 13.2 Å². The number of rotatable bonds is 5. The van der Waals surface area contributed by atoms with E-state index < -0.39 is 9.84 Å². The number of benzene rings is 3. The van der Waals surface area contributed by atoms with E-state index in [1.807, 2.05) is 53.4 Å². The summed E-state index contributed by atoms with van der Waals surface area (Å²) in [4.78, 5) is 21.0. The molecule has 3 aromatic carbocycles. The molecule has 8 heteroatoms. The molecule has 34 heavy (non-hydrogen) atoms. The molecule has 0 radical (unpaired) electrons. The van der Waals surface area contributed by atoms with E-state index in [2.05, 4.69) is 4.98 Å². The fourth-order valence-corrected chi connectivity index (χ4v) is 5.31. The van der Waals surface area contributed by atoms with Crippen molar-refractivity contribution in [2.75, 3.05) is 31.1 Å².